The molecule has 2 amide bonds. The number of rotatable bonds is 6. The highest BCUT2D eigenvalue weighted by Gasteiger charge is 2.21. The third kappa shape index (κ3) is 5.34. The lowest BCUT2D eigenvalue weighted by atomic mass is 10.1. The van der Waals surface area contributed by atoms with Crippen LogP contribution in [0.4, 0.5) is 4.79 Å². The summed E-state index contributed by atoms with van der Waals surface area (Å²) >= 11 is 0. The van der Waals surface area contributed by atoms with Crippen LogP contribution in [-0.2, 0) is 11.2 Å². The highest BCUT2D eigenvalue weighted by atomic mass is 16.6. The summed E-state index contributed by atoms with van der Waals surface area (Å²) in [6.45, 7) is 0. The number of carboxylic acids is 1. The Kier molecular flexibility index (Phi) is 6.32. The van der Waals surface area contributed by atoms with Gasteiger partial charge < -0.3 is 20.1 Å². The van der Waals surface area contributed by atoms with Crippen LogP contribution in [0.5, 0.6) is 5.75 Å². The first-order valence-electron chi connectivity index (χ1n) is 7.93. The molecule has 2 aromatic carbocycles. The fourth-order valence-corrected chi connectivity index (χ4v) is 2.15. The minimum absolute atomic E-state index is 0.107. The van der Waals surface area contributed by atoms with Gasteiger partial charge in [-0.3, -0.25) is 4.79 Å². The van der Waals surface area contributed by atoms with E-state index in [0.717, 1.165) is 0 Å². The van der Waals surface area contributed by atoms with E-state index >= 15 is 0 Å². The smallest absolute Gasteiger partial charge is 0.414 e. The molecule has 0 radical (unpaired) electrons. The molecule has 0 aliphatic carbocycles. The highest BCUT2D eigenvalue weighted by molar-refractivity contribution is 5.96. The molecule has 0 unspecified atom stereocenters. The maximum Gasteiger partial charge on any atom is 0.414 e. The van der Waals surface area contributed by atoms with E-state index in [4.69, 9.17) is 4.74 Å². The van der Waals surface area contributed by atoms with Crippen molar-refractivity contribution >= 4 is 18.0 Å². The maximum atomic E-state index is 12.2. The number of nitrogens with one attached hydrogen (secondary N) is 1. The highest BCUT2D eigenvalue weighted by Crippen LogP contribution is 2.14. The van der Waals surface area contributed by atoms with E-state index in [-0.39, 0.29) is 6.42 Å². The van der Waals surface area contributed by atoms with Gasteiger partial charge in [0.25, 0.3) is 5.91 Å². The molecule has 0 aromatic heterocycles. The summed E-state index contributed by atoms with van der Waals surface area (Å²) in [5, 5.41) is 11.9. The summed E-state index contributed by atoms with van der Waals surface area (Å²) in [6, 6.07) is 13.8. The van der Waals surface area contributed by atoms with Crippen LogP contribution in [-0.4, -0.2) is 48.1 Å². The Morgan fingerprint density at radius 1 is 1.04 bits per heavy atom. The van der Waals surface area contributed by atoms with Crippen LogP contribution in [0.25, 0.3) is 0 Å². The topological polar surface area (TPSA) is 95.9 Å². The first kappa shape index (κ1) is 19.0. The molecule has 2 aromatic rings. The Hall–Kier alpha value is -3.35. The monoisotopic (exact) mass is 356 g/mol. The lowest BCUT2D eigenvalue weighted by Crippen LogP contribution is -2.42. The SMILES string of the molecule is CN(C)C(=O)Oc1ccc(C[C@H](NC(=O)c2ccccc2)C(=O)O)cc1. The lowest BCUT2D eigenvalue weighted by molar-refractivity contribution is -0.139. The van der Waals surface area contributed by atoms with Gasteiger partial charge in [0.05, 0.1) is 0 Å². The summed E-state index contributed by atoms with van der Waals surface area (Å²) < 4.78 is 5.11. The van der Waals surface area contributed by atoms with Crippen LogP contribution in [0.3, 0.4) is 0 Å². The maximum absolute atomic E-state index is 12.2. The lowest BCUT2D eigenvalue weighted by Gasteiger charge is -2.15. The second-order valence-corrected chi connectivity index (χ2v) is 5.84. The van der Waals surface area contributed by atoms with Gasteiger partial charge >= 0.3 is 12.1 Å². The van der Waals surface area contributed by atoms with Crippen LogP contribution in [0.2, 0.25) is 0 Å². The Balaban J connectivity index is 2.02. The molecule has 7 heteroatoms. The van der Waals surface area contributed by atoms with Crippen molar-refractivity contribution in [3.05, 3.63) is 65.7 Å². The molecule has 2 rings (SSSR count). The predicted octanol–water partition coefficient (Wildman–Crippen LogP) is 2.17. The molecule has 0 saturated heterocycles. The minimum Gasteiger partial charge on any atom is -0.480 e. The summed E-state index contributed by atoms with van der Waals surface area (Å²) in [5.41, 5.74) is 1.08. The van der Waals surface area contributed by atoms with Gasteiger partial charge in [0.15, 0.2) is 0 Å². The van der Waals surface area contributed by atoms with Crippen molar-refractivity contribution in [1.29, 1.82) is 0 Å². The van der Waals surface area contributed by atoms with Crippen molar-refractivity contribution in [3.63, 3.8) is 0 Å². The van der Waals surface area contributed by atoms with Crippen molar-refractivity contribution in [2.75, 3.05) is 14.1 Å². The standard InChI is InChI=1S/C19H20N2O5/c1-21(2)19(25)26-15-10-8-13(9-11-15)12-16(18(23)24)20-17(22)14-6-4-3-5-7-14/h3-11,16H,12H2,1-2H3,(H,20,22)(H,23,24)/t16-/m0/s1. The minimum atomic E-state index is -1.13. The molecule has 0 aliphatic rings. The van der Waals surface area contributed by atoms with Crippen LogP contribution in [0, 0.1) is 0 Å². The van der Waals surface area contributed by atoms with E-state index in [0.29, 0.717) is 16.9 Å². The second kappa shape index (κ2) is 8.66. The van der Waals surface area contributed by atoms with Gasteiger partial charge in [-0.25, -0.2) is 9.59 Å². The molecule has 0 heterocycles. The first-order valence-corrected chi connectivity index (χ1v) is 7.93. The number of hydrogen-bond donors (Lipinski definition) is 2. The van der Waals surface area contributed by atoms with Crippen molar-refractivity contribution in [2.24, 2.45) is 0 Å². The second-order valence-electron chi connectivity index (χ2n) is 5.84. The average molecular weight is 356 g/mol. The number of hydrogen-bond acceptors (Lipinski definition) is 4. The van der Waals surface area contributed by atoms with Gasteiger partial charge in [0, 0.05) is 26.1 Å². The molecule has 136 valence electrons. The van der Waals surface area contributed by atoms with Crippen LogP contribution >= 0.6 is 0 Å². The van der Waals surface area contributed by atoms with Crippen molar-refractivity contribution in [2.45, 2.75) is 12.5 Å². The molecule has 0 fully saturated rings. The molecular weight excluding hydrogens is 336 g/mol. The van der Waals surface area contributed by atoms with Gasteiger partial charge in [-0.2, -0.15) is 0 Å². The number of nitrogens with zero attached hydrogens (tertiary/aromatic N) is 1. The summed E-state index contributed by atoms with van der Waals surface area (Å²) in [6.07, 6.45) is -0.396. The van der Waals surface area contributed by atoms with Gasteiger partial charge in [-0.1, -0.05) is 30.3 Å². The van der Waals surface area contributed by atoms with Crippen LogP contribution < -0.4 is 10.1 Å². The van der Waals surface area contributed by atoms with Gasteiger partial charge in [-0.15, -0.1) is 0 Å². The van der Waals surface area contributed by atoms with Crippen molar-refractivity contribution in [3.8, 4) is 5.75 Å². The number of carbonyl (C=O) groups is 3. The molecule has 1 atom stereocenters. The van der Waals surface area contributed by atoms with Crippen molar-refractivity contribution < 1.29 is 24.2 Å². The Bertz CT molecular complexity index is 772. The third-order valence-electron chi connectivity index (χ3n) is 3.57. The zero-order valence-corrected chi connectivity index (χ0v) is 14.5. The van der Waals surface area contributed by atoms with Crippen LogP contribution in [0.1, 0.15) is 15.9 Å². The number of amides is 2. The van der Waals surface area contributed by atoms with Crippen molar-refractivity contribution in [1.82, 2.24) is 10.2 Å². The number of aliphatic carboxylic acids is 1. The first-order chi connectivity index (χ1) is 12.4. The molecule has 2 N–H and O–H groups in total. The Labute approximate surface area is 151 Å². The normalized spacial score (nSPS) is 11.3. The molecular formula is C19H20N2O5. The third-order valence-corrected chi connectivity index (χ3v) is 3.57. The quantitative estimate of drug-likeness (QED) is 0.827. The van der Waals surface area contributed by atoms with E-state index in [1.807, 2.05) is 0 Å². The van der Waals surface area contributed by atoms with E-state index in [1.54, 1.807) is 68.7 Å². The Morgan fingerprint density at radius 3 is 2.19 bits per heavy atom. The molecule has 0 saturated carbocycles. The summed E-state index contributed by atoms with van der Waals surface area (Å²) in [5.74, 6) is -1.22. The summed E-state index contributed by atoms with van der Waals surface area (Å²) in [7, 11) is 3.15. The fourth-order valence-electron chi connectivity index (χ4n) is 2.15. The van der Waals surface area contributed by atoms with E-state index in [1.165, 1.54) is 4.90 Å². The number of benzene rings is 2. The molecule has 0 aliphatic heterocycles. The molecule has 26 heavy (non-hydrogen) atoms. The number of ether oxygens (including phenoxy) is 1. The van der Waals surface area contributed by atoms with Gasteiger partial charge in [0.1, 0.15) is 11.8 Å². The van der Waals surface area contributed by atoms with Gasteiger partial charge in [0.2, 0.25) is 0 Å². The largest absolute Gasteiger partial charge is 0.480 e. The molecule has 0 spiro atoms. The van der Waals surface area contributed by atoms with E-state index in [2.05, 4.69) is 5.32 Å². The number of carbonyl (C=O) groups excluding carboxylic acids is 2. The van der Waals surface area contributed by atoms with E-state index in [9.17, 15) is 19.5 Å². The molecule has 7 nitrogen and oxygen atoms in total. The zero-order valence-electron chi connectivity index (χ0n) is 14.5. The number of carboxylic acid groups (broad SMARTS) is 1. The van der Waals surface area contributed by atoms with E-state index < -0.39 is 24.0 Å². The van der Waals surface area contributed by atoms with Crippen LogP contribution in [0.15, 0.2) is 54.6 Å². The zero-order chi connectivity index (χ0) is 19.1. The summed E-state index contributed by atoms with van der Waals surface area (Å²) in [4.78, 5) is 36.4. The Morgan fingerprint density at radius 2 is 1.65 bits per heavy atom. The molecule has 0 bridgehead atoms. The predicted molar refractivity (Wildman–Crippen MR) is 95.2 cm³/mol. The van der Waals surface area contributed by atoms with Gasteiger partial charge in [-0.05, 0) is 29.8 Å². The average Bonchev–Trinajstić information content (AvgIpc) is 2.63. The fraction of sp³-hybridized carbons (Fsp3) is 0.211.